The molecule has 1 aliphatic heterocycles. The first-order valence-corrected chi connectivity index (χ1v) is 5.25. The fraction of sp³-hybridized carbons (Fsp3) is 0.600. The van der Waals surface area contributed by atoms with Crippen LogP contribution in [0.2, 0.25) is 0 Å². The Morgan fingerprint density at radius 3 is 2.94 bits per heavy atom. The number of carboxylic acids is 1. The van der Waals surface area contributed by atoms with E-state index in [9.17, 15) is 9.59 Å². The molecule has 1 rings (SSSR count). The maximum absolute atomic E-state index is 11.1. The minimum absolute atomic E-state index is 0.0234. The lowest BCUT2D eigenvalue weighted by molar-refractivity contribution is -0.138. The first kappa shape index (κ1) is 12.5. The Hall–Kier alpha value is -1.56. The van der Waals surface area contributed by atoms with Crippen molar-refractivity contribution in [1.82, 2.24) is 10.6 Å². The number of carboxylic acid groups (broad SMARTS) is 1. The van der Waals surface area contributed by atoms with Crippen LogP contribution in [0.5, 0.6) is 0 Å². The average molecular weight is 227 g/mol. The fourth-order valence-corrected chi connectivity index (χ4v) is 1.39. The lowest BCUT2D eigenvalue weighted by atomic mass is 10.2. The van der Waals surface area contributed by atoms with Crippen molar-refractivity contribution >= 4 is 11.9 Å². The maximum Gasteiger partial charge on any atom is 0.320 e. The number of rotatable bonds is 6. The summed E-state index contributed by atoms with van der Waals surface area (Å²) in [6.45, 7) is 2.41. The summed E-state index contributed by atoms with van der Waals surface area (Å²) < 4.78 is 0. The van der Waals surface area contributed by atoms with Gasteiger partial charge < -0.3 is 21.5 Å². The maximum atomic E-state index is 11.1. The molecular formula is C10H17N3O3. The highest BCUT2D eigenvalue weighted by atomic mass is 16.4. The lowest BCUT2D eigenvalue weighted by Gasteiger charge is -2.09. The summed E-state index contributed by atoms with van der Waals surface area (Å²) >= 11 is 0. The van der Waals surface area contributed by atoms with E-state index >= 15 is 0 Å². The van der Waals surface area contributed by atoms with Gasteiger partial charge in [-0.2, -0.15) is 0 Å². The van der Waals surface area contributed by atoms with Crippen LogP contribution in [-0.2, 0) is 9.59 Å². The predicted molar refractivity (Wildman–Crippen MR) is 58.2 cm³/mol. The number of nitrogens with two attached hydrogens (primary N) is 1. The second kappa shape index (κ2) is 5.50. The Bertz CT molecular complexity index is 314. The smallest absolute Gasteiger partial charge is 0.320 e. The Labute approximate surface area is 93.9 Å². The van der Waals surface area contributed by atoms with Crippen molar-refractivity contribution in [1.29, 1.82) is 0 Å². The van der Waals surface area contributed by atoms with Crippen molar-refractivity contribution in [3.05, 3.63) is 11.9 Å². The standard InChI is InChI=1S/C10H17N3O3/c1-6-5-8(13-9(6)14)12-4-2-3-7(11)10(15)16/h5-7,12H,2-4,11H2,1H3,(H,13,14)(H,15,16)/t6-,7-/m0/s1. The largest absolute Gasteiger partial charge is 0.480 e. The van der Waals surface area contributed by atoms with Gasteiger partial charge in [-0.1, -0.05) is 0 Å². The first-order chi connectivity index (χ1) is 7.50. The number of amides is 1. The van der Waals surface area contributed by atoms with Crippen molar-refractivity contribution in [3.63, 3.8) is 0 Å². The zero-order valence-electron chi connectivity index (χ0n) is 9.19. The number of aliphatic carboxylic acids is 1. The molecule has 0 aromatic carbocycles. The van der Waals surface area contributed by atoms with E-state index in [2.05, 4.69) is 10.6 Å². The molecule has 1 heterocycles. The summed E-state index contributed by atoms with van der Waals surface area (Å²) in [6, 6.07) is -0.812. The average Bonchev–Trinajstić information content (AvgIpc) is 2.53. The van der Waals surface area contributed by atoms with Gasteiger partial charge in [0.05, 0.1) is 5.92 Å². The van der Waals surface area contributed by atoms with Crippen LogP contribution in [0.4, 0.5) is 0 Å². The van der Waals surface area contributed by atoms with Gasteiger partial charge in [-0.3, -0.25) is 9.59 Å². The molecule has 2 atom stereocenters. The molecule has 5 N–H and O–H groups in total. The van der Waals surface area contributed by atoms with E-state index in [1.165, 1.54) is 0 Å². The molecule has 0 radical (unpaired) electrons. The third-order valence-electron chi connectivity index (χ3n) is 2.41. The second-order valence-corrected chi connectivity index (χ2v) is 3.87. The molecule has 0 aromatic rings. The van der Waals surface area contributed by atoms with Crippen LogP contribution in [0.1, 0.15) is 19.8 Å². The van der Waals surface area contributed by atoms with Crippen LogP contribution in [0.15, 0.2) is 11.9 Å². The summed E-state index contributed by atoms with van der Waals surface area (Å²) in [7, 11) is 0. The summed E-state index contributed by atoms with van der Waals surface area (Å²) in [4.78, 5) is 21.5. The Balaban J connectivity index is 2.15. The zero-order chi connectivity index (χ0) is 12.1. The van der Waals surface area contributed by atoms with Gasteiger partial charge in [-0.05, 0) is 25.8 Å². The van der Waals surface area contributed by atoms with Gasteiger partial charge in [0.25, 0.3) is 0 Å². The summed E-state index contributed by atoms with van der Waals surface area (Å²) in [6.07, 6.45) is 2.87. The Morgan fingerprint density at radius 1 is 1.75 bits per heavy atom. The quantitative estimate of drug-likeness (QED) is 0.452. The van der Waals surface area contributed by atoms with Crippen LogP contribution in [-0.4, -0.2) is 29.6 Å². The van der Waals surface area contributed by atoms with Gasteiger partial charge in [-0.15, -0.1) is 0 Å². The molecule has 6 heteroatoms. The molecule has 0 saturated carbocycles. The summed E-state index contributed by atoms with van der Waals surface area (Å²) in [5.74, 6) is -0.420. The van der Waals surface area contributed by atoms with Crippen LogP contribution >= 0.6 is 0 Å². The molecule has 0 unspecified atom stereocenters. The van der Waals surface area contributed by atoms with Gasteiger partial charge in [0, 0.05) is 6.54 Å². The van der Waals surface area contributed by atoms with Crippen LogP contribution < -0.4 is 16.4 Å². The SMILES string of the molecule is C[C@H]1C=C(NCCC[C@H](N)C(=O)O)NC1=O. The highest BCUT2D eigenvalue weighted by Gasteiger charge is 2.19. The van der Waals surface area contributed by atoms with Gasteiger partial charge >= 0.3 is 5.97 Å². The predicted octanol–water partition coefficient (Wildman–Crippen LogP) is -0.625. The van der Waals surface area contributed by atoms with Gasteiger partial charge in [0.2, 0.25) is 5.91 Å². The molecule has 6 nitrogen and oxygen atoms in total. The Morgan fingerprint density at radius 2 is 2.44 bits per heavy atom. The number of nitrogens with one attached hydrogen (secondary N) is 2. The molecule has 90 valence electrons. The minimum atomic E-state index is -0.984. The molecule has 1 aliphatic rings. The highest BCUT2D eigenvalue weighted by molar-refractivity contribution is 5.84. The van der Waals surface area contributed by atoms with Gasteiger partial charge in [0.1, 0.15) is 11.9 Å². The molecule has 0 bridgehead atoms. The molecule has 0 spiro atoms. The van der Waals surface area contributed by atoms with E-state index in [0.717, 1.165) is 0 Å². The monoisotopic (exact) mass is 227 g/mol. The molecule has 0 aliphatic carbocycles. The molecule has 0 saturated heterocycles. The first-order valence-electron chi connectivity index (χ1n) is 5.25. The van der Waals surface area contributed by atoms with Crippen molar-refractivity contribution in [2.45, 2.75) is 25.8 Å². The molecule has 0 fully saturated rings. The number of hydrogen-bond donors (Lipinski definition) is 4. The number of carbonyl (C=O) groups excluding carboxylic acids is 1. The van der Waals surface area contributed by atoms with Crippen LogP contribution in [0, 0.1) is 5.92 Å². The van der Waals surface area contributed by atoms with Gasteiger partial charge in [0.15, 0.2) is 0 Å². The minimum Gasteiger partial charge on any atom is -0.480 e. The third-order valence-corrected chi connectivity index (χ3v) is 2.41. The summed E-state index contributed by atoms with van der Waals surface area (Å²) in [5.41, 5.74) is 5.34. The lowest BCUT2D eigenvalue weighted by Crippen LogP contribution is -2.32. The van der Waals surface area contributed by atoms with E-state index in [1.807, 2.05) is 6.92 Å². The van der Waals surface area contributed by atoms with E-state index in [0.29, 0.717) is 25.2 Å². The van der Waals surface area contributed by atoms with Crippen LogP contribution in [0.25, 0.3) is 0 Å². The second-order valence-electron chi connectivity index (χ2n) is 3.87. The normalized spacial score (nSPS) is 21.2. The third kappa shape index (κ3) is 3.54. The zero-order valence-corrected chi connectivity index (χ0v) is 9.19. The van der Waals surface area contributed by atoms with E-state index in [-0.39, 0.29) is 11.8 Å². The summed E-state index contributed by atoms with van der Waals surface area (Å²) in [5, 5.41) is 14.2. The van der Waals surface area contributed by atoms with Crippen molar-refractivity contribution < 1.29 is 14.7 Å². The highest BCUT2D eigenvalue weighted by Crippen LogP contribution is 2.07. The van der Waals surface area contributed by atoms with Crippen LogP contribution in [0.3, 0.4) is 0 Å². The van der Waals surface area contributed by atoms with Gasteiger partial charge in [-0.25, -0.2) is 0 Å². The van der Waals surface area contributed by atoms with E-state index in [1.54, 1.807) is 6.08 Å². The van der Waals surface area contributed by atoms with E-state index < -0.39 is 12.0 Å². The molecule has 1 amide bonds. The van der Waals surface area contributed by atoms with Crippen molar-refractivity contribution in [2.75, 3.05) is 6.54 Å². The molecule has 16 heavy (non-hydrogen) atoms. The van der Waals surface area contributed by atoms with E-state index in [4.69, 9.17) is 10.8 Å². The van der Waals surface area contributed by atoms with Crippen molar-refractivity contribution in [3.8, 4) is 0 Å². The number of hydrogen-bond acceptors (Lipinski definition) is 4. The molecular weight excluding hydrogens is 210 g/mol. The number of carbonyl (C=O) groups is 2. The molecule has 0 aromatic heterocycles. The topological polar surface area (TPSA) is 104 Å². The van der Waals surface area contributed by atoms with Crippen molar-refractivity contribution in [2.24, 2.45) is 11.7 Å². The Kier molecular flexibility index (Phi) is 4.30. The fourth-order valence-electron chi connectivity index (χ4n) is 1.39.